The fourth-order valence-corrected chi connectivity index (χ4v) is 3.74. The molecule has 0 saturated carbocycles. The van der Waals surface area contributed by atoms with Crippen LogP contribution in [0.2, 0.25) is 5.02 Å². The first-order valence-electron chi connectivity index (χ1n) is 7.42. The van der Waals surface area contributed by atoms with Crippen LogP contribution < -0.4 is 0 Å². The summed E-state index contributed by atoms with van der Waals surface area (Å²) in [5.74, 6) is -0.441. The van der Waals surface area contributed by atoms with E-state index in [9.17, 15) is 13.2 Å². The summed E-state index contributed by atoms with van der Waals surface area (Å²) >= 11 is 5.82. The predicted molar refractivity (Wildman–Crippen MR) is 97.0 cm³/mol. The van der Waals surface area contributed by atoms with Crippen LogP contribution in [0.4, 0.5) is 0 Å². The summed E-state index contributed by atoms with van der Waals surface area (Å²) in [6, 6.07) is 12.6. The number of nitrogens with zero attached hydrogens (tertiary/aromatic N) is 1. The Bertz CT molecular complexity index is 846. The van der Waals surface area contributed by atoms with E-state index in [1.165, 1.54) is 41.8 Å². The number of carbonyl (C=O) groups is 1. The number of hydrogen-bond acceptors (Lipinski definition) is 4. The number of carbonyl (C=O) groups excluding carboxylic acids is 1. The van der Waals surface area contributed by atoms with Crippen LogP contribution in [0, 0.1) is 0 Å². The largest absolute Gasteiger partial charge is 0.465 e. The zero-order valence-corrected chi connectivity index (χ0v) is 15.3. The Hall–Kier alpha value is -2.15. The van der Waals surface area contributed by atoms with E-state index in [4.69, 9.17) is 11.6 Å². The maximum atomic E-state index is 12.8. The van der Waals surface area contributed by atoms with Gasteiger partial charge >= 0.3 is 5.97 Å². The Morgan fingerprint density at radius 1 is 1.16 bits per heavy atom. The van der Waals surface area contributed by atoms with E-state index < -0.39 is 16.0 Å². The molecule has 0 fully saturated rings. The van der Waals surface area contributed by atoms with Crippen molar-refractivity contribution < 1.29 is 17.9 Å². The quantitative estimate of drug-likeness (QED) is 0.545. The Labute approximate surface area is 152 Å². The molecule has 0 spiro atoms. The number of esters is 1. The van der Waals surface area contributed by atoms with Crippen molar-refractivity contribution in [2.24, 2.45) is 0 Å². The minimum Gasteiger partial charge on any atom is -0.465 e. The second kappa shape index (κ2) is 8.29. The highest BCUT2D eigenvalue weighted by atomic mass is 35.5. The van der Waals surface area contributed by atoms with Crippen molar-refractivity contribution in [3.8, 4) is 0 Å². The summed E-state index contributed by atoms with van der Waals surface area (Å²) in [4.78, 5) is 11.6. The molecule has 0 aliphatic heterocycles. The molecule has 2 aromatic carbocycles. The lowest BCUT2D eigenvalue weighted by Crippen LogP contribution is -2.30. The molecule has 0 atom stereocenters. The van der Waals surface area contributed by atoms with Crippen LogP contribution >= 0.6 is 11.6 Å². The van der Waals surface area contributed by atoms with Gasteiger partial charge in [-0.05, 0) is 42.0 Å². The number of methoxy groups -OCH3 is 1. The Morgan fingerprint density at radius 2 is 1.76 bits per heavy atom. The number of benzene rings is 2. The van der Waals surface area contributed by atoms with Crippen molar-refractivity contribution in [3.63, 3.8) is 0 Å². The maximum Gasteiger partial charge on any atom is 0.337 e. The Balaban J connectivity index is 2.27. The Morgan fingerprint density at radius 3 is 2.28 bits per heavy atom. The van der Waals surface area contributed by atoms with Gasteiger partial charge < -0.3 is 4.74 Å². The van der Waals surface area contributed by atoms with Crippen LogP contribution in [0.25, 0.3) is 0 Å². The van der Waals surface area contributed by atoms with Gasteiger partial charge in [0, 0.05) is 18.1 Å². The molecule has 7 heteroatoms. The average molecular weight is 380 g/mol. The van der Waals surface area contributed by atoms with Gasteiger partial charge in [-0.25, -0.2) is 13.2 Å². The van der Waals surface area contributed by atoms with E-state index in [2.05, 4.69) is 11.3 Å². The number of sulfonamides is 1. The first-order chi connectivity index (χ1) is 11.9. The summed E-state index contributed by atoms with van der Waals surface area (Å²) in [7, 11) is -2.39. The molecule has 0 aromatic heterocycles. The van der Waals surface area contributed by atoms with Crippen molar-refractivity contribution in [1.82, 2.24) is 4.31 Å². The van der Waals surface area contributed by atoms with Crippen LogP contribution in [0.15, 0.2) is 66.1 Å². The summed E-state index contributed by atoms with van der Waals surface area (Å²) in [6.45, 7) is 3.93. The summed E-state index contributed by atoms with van der Waals surface area (Å²) in [5.41, 5.74) is 1.15. The molecule has 2 aromatic rings. The highest BCUT2D eigenvalue weighted by Crippen LogP contribution is 2.20. The van der Waals surface area contributed by atoms with Gasteiger partial charge in [0.2, 0.25) is 10.0 Å². The first-order valence-corrected chi connectivity index (χ1v) is 9.24. The van der Waals surface area contributed by atoms with E-state index in [-0.39, 0.29) is 18.0 Å². The van der Waals surface area contributed by atoms with Crippen molar-refractivity contribution in [2.45, 2.75) is 11.4 Å². The lowest BCUT2D eigenvalue weighted by atomic mass is 10.1. The minimum atomic E-state index is -3.70. The third-order valence-electron chi connectivity index (χ3n) is 3.52. The molecular formula is C18H18ClNO4S. The molecule has 0 bridgehead atoms. The van der Waals surface area contributed by atoms with Gasteiger partial charge in [0.25, 0.3) is 0 Å². The molecule has 0 aliphatic rings. The normalized spacial score (nSPS) is 11.3. The van der Waals surface area contributed by atoms with Crippen LogP contribution in [-0.4, -0.2) is 32.3 Å². The SMILES string of the molecule is C=CCN(Cc1ccc(C(=O)OC)cc1)S(=O)(=O)c1ccc(Cl)cc1. The Kier molecular flexibility index (Phi) is 6.36. The second-order valence-corrected chi connectivity index (χ2v) is 7.60. The first kappa shape index (κ1) is 19.2. The fourth-order valence-electron chi connectivity index (χ4n) is 2.22. The fraction of sp³-hybridized carbons (Fsp3) is 0.167. The molecule has 0 heterocycles. The lowest BCUT2D eigenvalue weighted by Gasteiger charge is -2.21. The van der Waals surface area contributed by atoms with E-state index in [0.29, 0.717) is 10.6 Å². The molecule has 0 aliphatic carbocycles. The topological polar surface area (TPSA) is 63.7 Å². The highest BCUT2D eigenvalue weighted by Gasteiger charge is 2.23. The summed E-state index contributed by atoms with van der Waals surface area (Å²) in [6.07, 6.45) is 1.52. The molecule has 0 radical (unpaired) electrons. The molecule has 5 nitrogen and oxygen atoms in total. The van der Waals surface area contributed by atoms with Crippen LogP contribution in [-0.2, 0) is 21.3 Å². The molecule has 25 heavy (non-hydrogen) atoms. The highest BCUT2D eigenvalue weighted by molar-refractivity contribution is 7.89. The number of halogens is 1. The smallest absolute Gasteiger partial charge is 0.337 e. The van der Waals surface area contributed by atoms with Gasteiger partial charge in [0.05, 0.1) is 17.6 Å². The minimum absolute atomic E-state index is 0.151. The molecule has 2 rings (SSSR count). The van der Waals surface area contributed by atoms with E-state index in [0.717, 1.165) is 5.56 Å². The van der Waals surface area contributed by atoms with Crippen molar-refractivity contribution in [3.05, 3.63) is 77.3 Å². The predicted octanol–water partition coefficient (Wildman–Crippen LogP) is 3.50. The summed E-state index contributed by atoms with van der Waals surface area (Å²) in [5, 5.41) is 0.465. The van der Waals surface area contributed by atoms with E-state index in [1.807, 2.05) is 0 Å². The zero-order chi connectivity index (χ0) is 18.4. The maximum absolute atomic E-state index is 12.8. The molecule has 0 unspecified atom stereocenters. The van der Waals surface area contributed by atoms with Crippen molar-refractivity contribution >= 4 is 27.6 Å². The lowest BCUT2D eigenvalue weighted by molar-refractivity contribution is 0.0600. The second-order valence-electron chi connectivity index (χ2n) is 5.23. The average Bonchev–Trinajstić information content (AvgIpc) is 2.61. The van der Waals surface area contributed by atoms with Crippen LogP contribution in [0.3, 0.4) is 0 Å². The molecule has 132 valence electrons. The van der Waals surface area contributed by atoms with E-state index in [1.54, 1.807) is 24.3 Å². The van der Waals surface area contributed by atoms with Crippen LogP contribution in [0.5, 0.6) is 0 Å². The molecule has 0 amide bonds. The zero-order valence-electron chi connectivity index (χ0n) is 13.7. The third kappa shape index (κ3) is 4.69. The van der Waals surface area contributed by atoms with Gasteiger partial charge in [-0.15, -0.1) is 6.58 Å². The number of rotatable bonds is 7. The van der Waals surface area contributed by atoms with E-state index >= 15 is 0 Å². The monoisotopic (exact) mass is 379 g/mol. The third-order valence-corrected chi connectivity index (χ3v) is 5.60. The molecular weight excluding hydrogens is 362 g/mol. The van der Waals surface area contributed by atoms with Gasteiger partial charge in [0.15, 0.2) is 0 Å². The number of ether oxygens (including phenoxy) is 1. The van der Waals surface area contributed by atoms with Crippen molar-refractivity contribution in [2.75, 3.05) is 13.7 Å². The number of hydrogen-bond donors (Lipinski definition) is 0. The standard InChI is InChI=1S/C18H18ClNO4S/c1-3-12-20(25(22,23)17-10-8-16(19)9-11-17)13-14-4-6-15(7-5-14)18(21)24-2/h3-11H,1,12-13H2,2H3. The van der Waals surface area contributed by atoms with Gasteiger partial charge in [-0.2, -0.15) is 4.31 Å². The van der Waals surface area contributed by atoms with Gasteiger partial charge in [0.1, 0.15) is 0 Å². The molecule has 0 saturated heterocycles. The van der Waals surface area contributed by atoms with Gasteiger partial charge in [-0.3, -0.25) is 0 Å². The van der Waals surface area contributed by atoms with Crippen LogP contribution in [0.1, 0.15) is 15.9 Å². The van der Waals surface area contributed by atoms with Crippen molar-refractivity contribution in [1.29, 1.82) is 0 Å². The molecule has 0 N–H and O–H groups in total. The summed E-state index contributed by atoms with van der Waals surface area (Å²) < 4.78 is 31.6. The van der Waals surface area contributed by atoms with Gasteiger partial charge in [-0.1, -0.05) is 29.8 Å².